The zero-order chi connectivity index (χ0) is 40.7. The molecule has 0 spiro atoms. The summed E-state index contributed by atoms with van der Waals surface area (Å²) < 4.78 is 89.7. The molecular formula is C39H43F6N3O6S2. The number of carboxylic acid groups (broad SMARTS) is 1. The summed E-state index contributed by atoms with van der Waals surface area (Å²) in [7, 11) is 0. The maximum absolute atomic E-state index is 15.0. The number of carbonyl (C=O) groups is 3. The molecule has 2 N–H and O–H groups in total. The quantitative estimate of drug-likeness (QED) is 0.195. The molecule has 2 amide bonds. The Kier molecular flexibility index (Phi) is 11.8. The third-order valence-corrected chi connectivity index (χ3v) is 13.6. The normalized spacial score (nSPS) is 25.6. The Morgan fingerprint density at radius 2 is 1.71 bits per heavy atom. The van der Waals surface area contributed by atoms with Crippen LogP contribution in [0.5, 0.6) is 5.75 Å². The summed E-state index contributed by atoms with van der Waals surface area (Å²) in [5.74, 6) is -2.83. The second kappa shape index (κ2) is 15.8. The molecule has 3 fully saturated rings. The van der Waals surface area contributed by atoms with Crippen molar-refractivity contribution >= 4 is 40.9 Å². The van der Waals surface area contributed by atoms with Gasteiger partial charge in [-0.25, -0.2) is 0 Å². The first-order chi connectivity index (χ1) is 26.3. The van der Waals surface area contributed by atoms with E-state index in [2.05, 4.69) is 4.98 Å². The second-order valence-corrected chi connectivity index (χ2v) is 17.4. The van der Waals surface area contributed by atoms with Crippen LogP contribution in [0.15, 0.2) is 58.9 Å². The Hall–Kier alpha value is -3.83. The van der Waals surface area contributed by atoms with Crippen LogP contribution in [0.1, 0.15) is 98.1 Å². The number of hydrogen-bond acceptors (Lipinski definition) is 8. The number of aromatic nitrogens is 1. The van der Waals surface area contributed by atoms with E-state index in [1.807, 2.05) is 12.1 Å². The molecule has 17 heteroatoms. The number of pyridine rings is 1. The smallest absolute Gasteiger partial charge is 0.425 e. The number of halogens is 6. The lowest BCUT2D eigenvalue weighted by Crippen LogP contribution is -2.68. The van der Waals surface area contributed by atoms with Gasteiger partial charge in [0.2, 0.25) is 5.60 Å². The zero-order valence-electron chi connectivity index (χ0n) is 30.8. The number of nitrogens with zero attached hydrogens (tertiary/aromatic N) is 3. The number of aliphatic hydroxyl groups is 1. The molecule has 9 nitrogen and oxygen atoms in total. The Balaban J connectivity index is 1.31. The van der Waals surface area contributed by atoms with Crippen molar-refractivity contribution < 1.29 is 55.7 Å². The van der Waals surface area contributed by atoms with Crippen LogP contribution >= 0.6 is 23.1 Å². The van der Waals surface area contributed by atoms with Crippen molar-refractivity contribution in [2.24, 2.45) is 5.41 Å². The van der Waals surface area contributed by atoms with Gasteiger partial charge in [-0.3, -0.25) is 19.4 Å². The first-order valence-corrected chi connectivity index (χ1v) is 20.3. The molecule has 2 aromatic heterocycles. The molecule has 3 aromatic rings. The van der Waals surface area contributed by atoms with Gasteiger partial charge in [0.15, 0.2) is 0 Å². The van der Waals surface area contributed by atoms with E-state index < -0.39 is 68.9 Å². The lowest BCUT2D eigenvalue weighted by Gasteiger charge is -2.51. The van der Waals surface area contributed by atoms with Crippen LogP contribution in [0.3, 0.4) is 0 Å². The molecule has 56 heavy (non-hydrogen) atoms. The maximum Gasteiger partial charge on any atom is 0.425 e. The van der Waals surface area contributed by atoms with Crippen LogP contribution in [0, 0.1) is 5.41 Å². The van der Waals surface area contributed by atoms with Gasteiger partial charge in [0.25, 0.3) is 11.8 Å². The largest absolute Gasteiger partial charge is 0.481 e. The molecule has 304 valence electrons. The number of aliphatic carboxylic acids is 1. The van der Waals surface area contributed by atoms with E-state index in [4.69, 9.17) is 4.74 Å². The summed E-state index contributed by atoms with van der Waals surface area (Å²) in [5, 5.41) is 23.0. The van der Waals surface area contributed by atoms with Crippen molar-refractivity contribution in [1.82, 2.24) is 14.8 Å². The SMILES string of the molecule is CCCC1N(C(=O)c2ncccc2C(F)(F)F)CCCC1(Oc1csc(C(F)(F)F)c1)C(=O)N1CCC(O)(c2ccccc2SC2CCC(C)(C(=O)O)C2)CC1. The number of thiophene rings is 1. The number of hydrogen-bond donors (Lipinski definition) is 2. The van der Waals surface area contributed by atoms with Gasteiger partial charge in [0.05, 0.1) is 22.6 Å². The van der Waals surface area contributed by atoms with Crippen molar-refractivity contribution in [2.75, 3.05) is 19.6 Å². The number of alkyl halides is 6. The van der Waals surface area contributed by atoms with Gasteiger partial charge < -0.3 is 24.7 Å². The highest BCUT2D eigenvalue weighted by Crippen LogP contribution is 2.49. The summed E-state index contributed by atoms with van der Waals surface area (Å²) in [5.41, 5.74) is -5.68. The molecule has 2 saturated heterocycles. The monoisotopic (exact) mass is 827 g/mol. The molecule has 0 bridgehead atoms. The number of thioether (sulfide) groups is 1. The number of piperidine rings is 2. The minimum atomic E-state index is -4.92. The third kappa shape index (κ3) is 8.26. The highest BCUT2D eigenvalue weighted by molar-refractivity contribution is 8.00. The average molecular weight is 828 g/mol. The van der Waals surface area contributed by atoms with Crippen molar-refractivity contribution in [3.8, 4) is 5.75 Å². The molecule has 4 heterocycles. The van der Waals surface area contributed by atoms with E-state index in [1.54, 1.807) is 26.0 Å². The summed E-state index contributed by atoms with van der Waals surface area (Å²) >= 11 is 1.89. The maximum atomic E-state index is 15.0. The van der Waals surface area contributed by atoms with Crippen LogP contribution < -0.4 is 4.74 Å². The van der Waals surface area contributed by atoms with E-state index in [-0.39, 0.29) is 62.7 Å². The molecule has 3 aliphatic rings. The Morgan fingerprint density at radius 3 is 2.34 bits per heavy atom. The van der Waals surface area contributed by atoms with Crippen molar-refractivity contribution in [3.05, 3.63) is 75.7 Å². The fourth-order valence-electron chi connectivity index (χ4n) is 8.31. The highest BCUT2D eigenvalue weighted by atomic mass is 32.2. The fraction of sp³-hybridized carbons (Fsp3) is 0.538. The Morgan fingerprint density at radius 1 is 1.00 bits per heavy atom. The number of carboxylic acids is 1. The van der Waals surface area contributed by atoms with E-state index in [0.29, 0.717) is 42.6 Å². The lowest BCUT2D eigenvalue weighted by atomic mass is 9.78. The Bertz CT molecular complexity index is 1930. The van der Waals surface area contributed by atoms with Crippen LogP contribution in [0.2, 0.25) is 0 Å². The van der Waals surface area contributed by atoms with Gasteiger partial charge in [-0.15, -0.1) is 23.1 Å². The molecule has 1 aliphatic carbocycles. The highest BCUT2D eigenvalue weighted by Gasteiger charge is 2.57. The van der Waals surface area contributed by atoms with E-state index in [0.717, 1.165) is 39.6 Å². The van der Waals surface area contributed by atoms with Crippen LogP contribution in [0.4, 0.5) is 26.3 Å². The summed E-state index contributed by atoms with van der Waals surface area (Å²) in [6.45, 7) is 3.45. The average Bonchev–Trinajstić information content (AvgIpc) is 3.79. The van der Waals surface area contributed by atoms with Crippen LogP contribution in [-0.4, -0.2) is 79.3 Å². The first-order valence-electron chi connectivity index (χ1n) is 18.5. The standard InChI is InChI=1S/C39H43F6N3O6S2/c1-3-8-29-37(54-24-21-30(55-23-24)39(43,44)45,13-7-18-48(29)32(49)31-27(38(40,41)42)10-6-17-46-31)33(50)47-19-15-36(53,16-20-47)26-9-4-5-11-28(26)56-25-12-14-35(2,22-25)34(51)52/h4-6,9-11,17,21,23,25,29,53H,3,7-8,12-16,18-20,22H2,1-2H3,(H,51,52). The number of rotatable bonds is 10. The molecule has 4 unspecified atom stereocenters. The van der Waals surface area contributed by atoms with Gasteiger partial charge in [-0.1, -0.05) is 31.5 Å². The van der Waals surface area contributed by atoms with Gasteiger partial charge >= 0.3 is 18.3 Å². The molecular weight excluding hydrogens is 785 g/mol. The topological polar surface area (TPSA) is 120 Å². The molecule has 6 rings (SSSR count). The van der Waals surface area contributed by atoms with Gasteiger partial charge in [-0.05, 0) is 75.6 Å². The minimum absolute atomic E-state index is 0.00263. The van der Waals surface area contributed by atoms with Crippen LogP contribution in [-0.2, 0) is 27.5 Å². The predicted octanol–water partition coefficient (Wildman–Crippen LogP) is 8.65. The minimum Gasteiger partial charge on any atom is -0.481 e. The van der Waals surface area contributed by atoms with Gasteiger partial charge in [0, 0.05) is 53.8 Å². The van der Waals surface area contributed by atoms with E-state index in [1.165, 1.54) is 16.7 Å². The van der Waals surface area contributed by atoms with Crippen molar-refractivity contribution in [2.45, 2.75) is 111 Å². The lowest BCUT2D eigenvalue weighted by molar-refractivity contribution is -0.163. The summed E-state index contributed by atoms with van der Waals surface area (Å²) in [4.78, 5) is 47.1. The first kappa shape index (κ1) is 41.8. The number of benzene rings is 1. The van der Waals surface area contributed by atoms with Gasteiger partial charge in [0.1, 0.15) is 16.3 Å². The van der Waals surface area contributed by atoms with Crippen LogP contribution in [0.25, 0.3) is 0 Å². The summed E-state index contributed by atoms with van der Waals surface area (Å²) in [6, 6.07) is 8.70. The second-order valence-electron chi connectivity index (χ2n) is 15.1. The van der Waals surface area contributed by atoms with E-state index in [9.17, 15) is 50.9 Å². The van der Waals surface area contributed by atoms with Crippen molar-refractivity contribution in [3.63, 3.8) is 0 Å². The van der Waals surface area contributed by atoms with Crippen molar-refractivity contribution in [1.29, 1.82) is 0 Å². The predicted molar refractivity (Wildman–Crippen MR) is 196 cm³/mol. The number of ether oxygens (including phenoxy) is 1. The van der Waals surface area contributed by atoms with E-state index >= 15 is 0 Å². The fourth-order valence-corrected chi connectivity index (χ4v) is 10.6. The molecule has 2 aliphatic heterocycles. The molecule has 1 aromatic carbocycles. The molecule has 0 radical (unpaired) electrons. The summed E-state index contributed by atoms with van der Waals surface area (Å²) in [6.07, 6.45) is -6.24. The third-order valence-electron chi connectivity index (χ3n) is 11.3. The number of likely N-dealkylation sites (tertiary alicyclic amines) is 2. The zero-order valence-corrected chi connectivity index (χ0v) is 32.4. The Labute approximate surface area is 328 Å². The number of carbonyl (C=O) groups excluding carboxylic acids is 2. The van der Waals surface area contributed by atoms with Gasteiger partial charge in [-0.2, -0.15) is 26.3 Å². The molecule has 4 atom stereocenters. The molecule has 1 saturated carbocycles. The number of amides is 2.